The van der Waals surface area contributed by atoms with Crippen LogP contribution >= 0.6 is 0 Å². The van der Waals surface area contributed by atoms with E-state index in [0.29, 0.717) is 29.4 Å². The maximum absolute atomic E-state index is 12.7. The summed E-state index contributed by atoms with van der Waals surface area (Å²) in [5.41, 5.74) is 5.06. The van der Waals surface area contributed by atoms with Crippen molar-refractivity contribution in [1.82, 2.24) is 5.16 Å². The summed E-state index contributed by atoms with van der Waals surface area (Å²) >= 11 is 0. The van der Waals surface area contributed by atoms with Gasteiger partial charge in [0.2, 0.25) is 0 Å². The van der Waals surface area contributed by atoms with E-state index in [1.165, 1.54) is 24.0 Å². The van der Waals surface area contributed by atoms with Gasteiger partial charge < -0.3 is 19.5 Å². The van der Waals surface area contributed by atoms with Gasteiger partial charge in [0.05, 0.1) is 5.69 Å². The summed E-state index contributed by atoms with van der Waals surface area (Å²) in [5, 5.41) is 6.78. The van der Waals surface area contributed by atoms with Crippen molar-refractivity contribution < 1.29 is 18.8 Å². The lowest BCUT2D eigenvalue weighted by Gasteiger charge is -2.28. The Morgan fingerprint density at radius 3 is 2.77 bits per heavy atom. The van der Waals surface area contributed by atoms with Crippen LogP contribution in [0.25, 0.3) is 11.3 Å². The normalized spacial score (nSPS) is 15.1. The van der Waals surface area contributed by atoms with E-state index in [2.05, 4.69) is 22.6 Å². The molecule has 2 heterocycles. The average Bonchev–Trinajstić information content (AvgIpc) is 3.29. The molecule has 1 aliphatic carbocycles. The van der Waals surface area contributed by atoms with Crippen LogP contribution in [0.3, 0.4) is 0 Å². The zero-order chi connectivity index (χ0) is 21.4. The molecule has 2 aliphatic rings. The SMILES string of the molecule is CCN1C(=O)COc2ccc(NC(=O)c3cc(-c4ccc5c(c4)CCCC5)on3)cc21. The third-order valence-corrected chi connectivity index (χ3v) is 5.85. The average molecular weight is 417 g/mol. The number of aromatic nitrogens is 1. The standard InChI is InChI=1S/C24H23N3O4/c1-2-27-20-12-18(9-10-21(20)30-14-23(27)28)25-24(29)19-13-22(31-26-19)17-8-7-15-5-3-4-6-16(15)11-17/h7-13H,2-6,14H2,1H3,(H,25,29). The van der Waals surface area contributed by atoms with Crippen molar-refractivity contribution in [3.8, 4) is 17.1 Å². The van der Waals surface area contributed by atoms with Crippen LogP contribution in [0.4, 0.5) is 11.4 Å². The van der Waals surface area contributed by atoms with Gasteiger partial charge in [-0.05, 0) is 68.0 Å². The summed E-state index contributed by atoms with van der Waals surface area (Å²) in [7, 11) is 0. The molecule has 0 spiro atoms. The Labute approximate surface area is 180 Å². The molecule has 0 unspecified atom stereocenters. The third kappa shape index (κ3) is 3.67. The first-order valence-corrected chi connectivity index (χ1v) is 10.6. The number of rotatable bonds is 4. The van der Waals surface area contributed by atoms with Crippen molar-refractivity contribution in [2.75, 3.05) is 23.4 Å². The van der Waals surface area contributed by atoms with Crippen LogP contribution in [0, 0.1) is 0 Å². The Hall–Kier alpha value is -3.61. The third-order valence-electron chi connectivity index (χ3n) is 5.85. The summed E-state index contributed by atoms with van der Waals surface area (Å²) < 4.78 is 10.9. The molecule has 3 aromatic rings. The minimum atomic E-state index is -0.376. The molecular weight excluding hydrogens is 394 g/mol. The topological polar surface area (TPSA) is 84.7 Å². The monoisotopic (exact) mass is 417 g/mol. The van der Waals surface area contributed by atoms with E-state index in [-0.39, 0.29) is 24.1 Å². The van der Waals surface area contributed by atoms with Crippen molar-refractivity contribution in [3.63, 3.8) is 0 Å². The molecule has 2 amide bonds. The van der Waals surface area contributed by atoms with Gasteiger partial charge in [-0.1, -0.05) is 17.3 Å². The Morgan fingerprint density at radius 2 is 1.94 bits per heavy atom. The lowest BCUT2D eigenvalue weighted by molar-refractivity contribution is -0.121. The van der Waals surface area contributed by atoms with Crippen molar-refractivity contribution in [3.05, 3.63) is 59.3 Å². The maximum Gasteiger partial charge on any atom is 0.277 e. The van der Waals surface area contributed by atoms with Crippen molar-refractivity contribution >= 4 is 23.2 Å². The number of amides is 2. The van der Waals surface area contributed by atoms with Gasteiger partial charge in [-0.3, -0.25) is 9.59 Å². The molecule has 1 aromatic heterocycles. The quantitative estimate of drug-likeness (QED) is 0.687. The maximum atomic E-state index is 12.7. The number of aryl methyl sites for hydroxylation is 2. The molecule has 158 valence electrons. The van der Waals surface area contributed by atoms with E-state index in [1.807, 2.05) is 13.0 Å². The molecule has 5 rings (SSSR count). The number of carbonyl (C=O) groups excluding carboxylic acids is 2. The largest absolute Gasteiger partial charge is 0.482 e. The van der Waals surface area contributed by atoms with Gasteiger partial charge in [-0.15, -0.1) is 0 Å². The number of nitrogens with one attached hydrogen (secondary N) is 1. The van der Waals surface area contributed by atoms with Crippen LogP contribution in [0.15, 0.2) is 47.0 Å². The number of ether oxygens (including phenoxy) is 1. The molecule has 0 bridgehead atoms. The molecule has 0 saturated heterocycles. The van der Waals surface area contributed by atoms with E-state index in [9.17, 15) is 9.59 Å². The highest BCUT2D eigenvalue weighted by Gasteiger charge is 2.25. The highest BCUT2D eigenvalue weighted by molar-refractivity contribution is 6.04. The zero-order valence-corrected chi connectivity index (χ0v) is 17.3. The van der Waals surface area contributed by atoms with Crippen LogP contribution in [-0.2, 0) is 17.6 Å². The minimum absolute atomic E-state index is 0.0248. The smallest absolute Gasteiger partial charge is 0.277 e. The second-order valence-corrected chi connectivity index (χ2v) is 7.83. The van der Waals surface area contributed by atoms with Gasteiger partial charge in [0.1, 0.15) is 5.75 Å². The molecular formula is C24H23N3O4. The predicted octanol–water partition coefficient (Wildman–Crippen LogP) is 4.22. The van der Waals surface area contributed by atoms with Gasteiger partial charge in [-0.2, -0.15) is 0 Å². The fourth-order valence-corrected chi connectivity index (χ4v) is 4.23. The molecule has 0 atom stereocenters. The van der Waals surface area contributed by atoms with Crippen LogP contribution in [0.1, 0.15) is 41.4 Å². The van der Waals surface area contributed by atoms with Crippen LogP contribution < -0.4 is 15.0 Å². The van der Waals surface area contributed by atoms with Gasteiger partial charge in [-0.25, -0.2) is 0 Å². The highest BCUT2D eigenvalue weighted by atomic mass is 16.5. The van der Waals surface area contributed by atoms with Gasteiger partial charge >= 0.3 is 0 Å². The van der Waals surface area contributed by atoms with Gasteiger partial charge in [0.15, 0.2) is 18.1 Å². The molecule has 7 nitrogen and oxygen atoms in total. The molecule has 7 heteroatoms. The number of likely N-dealkylation sites (N-methyl/N-ethyl adjacent to an activating group) is 1. The molecule has 0 radical (unpaired) electrons. The molecule has 0 fully saturated rings. The number of fused-ring (bicyclic) bond motifs is 2. The molecule has 0 saturated carbocycles. The highest BCUT2D eigenvalue weighted by Crippen LogP contribution is 2.34. The number of benzene rings is 2. The number of nitrogens with zero attached hydrogens (tertiary/aromatic N) is 2. The fraction of sp³-hybridized carbons (Fsp3) is 0.292. The van der Waals surface area contributed by atoms with Crippen molar-refractivity contribution in [2.45, 2.75) is 32.6 Å². The van der Waals surface area contributed by atoms with Crippen LogP contribution in [-0.4, -0.2) is 30.1 Å². The molecule has 1 N–H and O–H groups in total. The van der Waals surface area contributed by atoms with Gasteiger partial charge in [0.25, 0.3) is 11.8 Å². The summed E-state index contributed by atoms with van der Waals surface area (Å²) in [6.45, 7) is 2.45. The molecule has 2 aromatic carbocycles. The fourth-order valence-electron chi connectivity index (χ4n) is 4.23. The summed E-state index contributed by atoms with van der Waals surface area (Å²) in [5.74, 6) is 0.708. The van der Waals surface area contributed by atoms with Crippen molar-refractivity contribution in [2.24, 2.45) is 0 Å². The molecule has 31 heavy (non-hydrogen) atoms. The second kappa shape index (κ2) is 7.91. The number of hydrogen-bond donors (Lipinski definition) is 1. The summed E-state index contributed by atoms with van der Waals surface area (Å²) in [6.07, 6.45) is 4.63. The Kier molecular flexibility index (Phi) is 4.94. The minimum Gasteiger partial charge on any atom is -0.482 e. The number of hydrogen-bond acceptors (Lipinski definition) is 5. The first-order valence-electron chi connectivity index (χ1n) is 10.6. The van der Waals surface area contributed by atoms with E-state index in [0.717, 1.165) is 18.4 Å². The number of carbonyl (C=O) groups is 2. The Bertz CT molecular complexity index is 1170. The summed E-state index contributed by atoms with van der Waals surface area (Å²) in [6, 6.07) is 13.2. The Morgan fingerprint density at radius 1 is 1.10 bits per heavy atom. The second-order valence-electron chi connectivity index (χ2n) is 7.83. The van der Waals surface area contributed by atoms with E-state index >= 15 is 0 Å². The zero-order valence-electron chi connectivity index (χ0n) is 17.3. The van der Waals surface area contributed by atoms with Gasteiger partial charge in [0, 0.05) is 23.9 Å². The first kappa shape index (κ1) is 19.4. The summed E-state index contributed by atoms with van der Waals surface area (Å²) in [4.78, 5) is 26.4. The van der Waals surface area contributed by atoms with Crippen LogP contribution in [0.5, 0.6) is 5.75 Å². The van der Waals surface area contributed by atoms with Crippen LogP contribution in [0.2, 0.25) is 0 Å². The lowest BCUT2D eigenvalue weighted by atomic mass is 9.90. The lowest BCUT2D eigenvalue weighted by Crippen LogP contribution is -2.38. The Balaban J connectivity index is 1.35. The predicted molar refractivity (Wildman–Crippen MR) is 116 cm³/mol. The number of anilines is 2. The van der Waals surface area contributed by atoms with Crippen molar-refractivity contribution in [1.29, 1.82) is 0 Å². The molecule has 1 aliphatic heterocycles. The first-order chi connectivity index (χ1) is 15.1. The van der Waals surface area contributed by atoms with E-state index in [4.69, 9.17) is 9.26 Å². The van der Waals surface area contributed by atoms with E-state index in [1.54, 1.807) is 29.2 Å². The van der Waals surface area contributed by atoms with E-state index < -0.39 is 0 Å².